The molecule has 2 heterocycles. The molecule has 0 atom stereocenters. The fourth-order valence-corrected chi connectivity index (χ4v) is 2.99. The third kappa shape index (κ3) is 4.13. The van der Waals surface area contributed by atoms with Crippen molar-refractivity contribution in [1.82, 2.24) is 19.9 Å². The van der Waals surface area contributed by atoms with Crippen molar-refractivity contribution < 1.29 is 17.6 Å². The summed E-state index contributed by atoms with van der Waals surface area (Å²) in [5.74, 6) is 1.04. The molecule has 25 heavy (non-hydrogen) atoms. The maximum atomic E-state index is 12.2. The zero-order valence-electron chi connectivity index (χ0n) is 13.0. The second kappa shape index (κ2) is 7.18. The predicted molar refractivity (Wildman–Crippen MR) is 89.6 cm³/mol. The van der Waals surface area contributed by atoms with Gasteiger partial charge in [-0.3, -0.25) is 0 Å². The lowest BCUT2D eigenvalue weighted by molar-refractivity contribution is 0.414. The van der Waals surface area contributed by atoms with Crippen molar-refractivity contribution >= 4 is 21.6 Å². The molecule has 0 saturated heterocycles. The summed E-state index contributed by atoms with van der Waals surface area (Å²) in [6.07, 6.45) is 1.17. The van der Waals surface area contributed by atoms with Gasteiger partial charge in [0.1, 0.15) is 15.8 Å². The van der Waals surface area contributed by atoms with Crippen molar-refractivity contribution in [2.45, 2.75) is 11.4 Å². The van der Waals surface area contributed by atoms with Crippen molar-refractivity contribution in [2.24, 2.45) is 0 Å². The third-order valence-electron chi connectivity index (χ3n) is 3.21. The normalized spacial score (nSPS) is 11.4. The molecule has 0 amide bonds. The number of benzene rings is 1. The number of hydrogen-bond donors (Lipinski definition) is 1. The Morgan fingerprint density at radius 1 is 1.24 bits per heavy atom. The van der Waals surface area contributed by atoms with E-state index in [2.05, 4.69) is 19.9 Å². The highest BCUT2D eigenvalue weighted by Gasteiger charge is 2.16. The number of pyridine rings is 1. The number of halogens is 1. The van der Waals surface area contributed by atoms with Gasteiger partial charge in [0.05, 0.1) is 13.7 Å². The molecule has 1 N–H and O–H groups in total. The molecule has 0 aliphatic rings. The maximum Gasteiger partial charge on any atom is 0.247 e. The fraction of sp³-hybridized carbons (Fsp3) is 0.133. The topological polar surface area (TPSA) is 107 Å². The van der Waals surface area contributed by atoms with Gasteiger partial charge in [-0.2, -0.15) is 0 Å². The van der Waals surface area contributed by atoms with E-state index in [9.17, 15) is 8.42 Å². The van der Waals surface area contributed by atoms with Gasteiger partial charge in [0.15, 0.2) is 0 Å². The number of aromatic nitrogens is 3. The summed E-state index contributed by atoms with van der Waals surface area (Å²) in [5, 5.41) is 7.95. The van der Waals surface area contributed by atoms with Gasteiger partial charge in [0.25, 0.3) is 0 Å². The monoisotopic (exact) mass is 380 g/mol. The molecule has 0 aliphatic carbocycles. The molecular weight excluding hydrogens is 368 g/mol. The van der Waals surface area contributed by atoms with E-state index in [1.165, 1.54) is 18.3 Å². The van der Waals surface area contributed by atoms with Crippen LogP contribution in [0, 0.1) is 0 Å². The number of hydrogen-bond acceptors (Lipinski definition) is 7. The zero-order valence-corrected chi connectivity index (χ0v) is 14.6. The van der Waals surface area contributed by atoms with Crippen LogP contribution < -0.4 is 9.46 Å². The van der Waals surface area contributed by atoms with Crippen LogP contribution in [0.4, 0.5) is 0 Å². The minimum Gasteiger partial charge on any atom is -0.497 e. The summed E-state index contributed by atoms with van der Waals surface area (Å²) in [4.78, 5) is 3.73. The quantitative estimate of drug-likeness (QED) is 0.653. The highest BCUT2D eigenvalue weighted by atomic mass is 35.5. The van der Waals surface area contributed by atoms with E-state index in [-0.39, 0.29) is 28.4 Å². The number of nitrogens with zero attached hydrogens (tertiary/aromatic N) is 3. The Labute approximate surface area is 148 Å². The standard InChI is InChI=1S/C15H13ClN4O4S/c1-23-11-4-2-3-10(7-11)15-20-19-14(24-15)9-18-25(21,22)12-5-6-13(16)17-8-12/h2-8,18H,9H2,1H3. The van der Waals surface area contributed by atoms with Crippen molar-refractivity contribution in [1.29, 1.82) is 0 Å². The summed E-state index contributed by atoms with van der Waals surface area (Å²) < 4.78 is 37.3. The molecule has 0 radical (unpaired) electrons. The zero-order chi connectivity index (χ0) is 17.9. The predicted octanol–water partition coefficient (Wildman–Crippen LogP) is 2.27. The first-order valence-electron chi connectivity index (χ1n) is 7.06. The van der Waals surface area contributed by atoms with Crippen LogP contribution in [0.5, 0.6) is 5.75 Å². The van der Waals surface area contributed by atoms with Crippen molar-refractivity contribution in [2.75, 3.05) is 7.11 Å². The largest absolute Gasteiger partial charge is 0.497 e. The van der Waals surface area contributed by atoms with Crippen molar-refractivity contribution in [3.63, 3.8) is 0 Å². The van der Waals surface area contributed by atoms with Gasteiger partial charge in [0.2, 0.25) is 21.8 Å². The van der Waals surface area contributed by atoms with Gasteiger partial charge in [-0.05, 0) is 30.3 Å². The molecule has 1 aromatic carbocycles. The molecule has 0 aliphatic heterocycles. The number of rotatable bonds is 6. The highest BCUT2D eigenvalue weighted by molar-refractivity contribution is 7.89. The Bertz CT molecular complexity index is 973. The van der Waals surface area contributed by atoms with Crippen LogP contribution in [0.25, 0.3) is 11.5 Å². The van der Waals surface area contributed by atoms with Crippen LogP contribution in [0.2, 0.25) is 5.15 Å². The van der Waals surface area contributed by atoms with E-state index in [0.717, 1.165) is 0 Å². The van der Waals surface area contributed by atoms with Crippen LogP contribution in [-0.2, 0) is 16.6 Å². The summed E-state index contributed by atoms with van der Waals surface area (Å²) in [6.45, 7) is -0.151. The average Bonchev–Trinajstić information content (AvgIpc) is 3.10. The molecule has 0 spiro atoms. The van der Waals surface area contributed by atoms with Crippen LogP contribution in [0.1, 0.15) is 5.89 Å². The molecule has 0 saturated carbocycles. The van der Waals surface area contributed by atoms with Gasteiger partial charge in [0, 0.05) is 11.8 Å². The Balaban J connectivity index is 1.72. The summed E-state index contributed by atoms with van der Waals surface area (Å²) in [6, 6.07) is 9.84. The minimum atomic E-state index is -3.76. The average molecular weight is 381 g/mol. The molecule has 0 fully saturated rings. The van der Waals surface area contributed by atoms with E-state index in [1.807, 2.05) is 0 Å². The van der Waals surface area contributed by atoms with Crippen LogP contribution in [0.3, 0.4) is 0 Å². The minimum absolute atomic E-state index is 0.00978. The van der Waals surface area contributed by atoms with Crippen molar-refractivity contribution in [3.8, 4) is 17.2 Å². The molecule has 8 nitrogen and oxygen atoms in total. The van der Waals surface area contributed by atoms with E-state index in [4.69, 9.17) is 20.8 Å². The van der Waals surface area contributed by atoms with E-state index >= 15 is 0 Å². The lowest BCUT2D eigenvalue weighted by atomic mass is 10.2. The highest BCUT2D eigenvalue weighted by Crippen LogP contribution is 2.22. The van der Waals surface area contributed by atoms with Gasteiger partial charge in [-0.15, -0.1) is 10.2 Å². The first kappa shape index (κ1) is 17.3. The van der Waals surface area contributed by atoms with E-state index < -0.39 is 10.0 Å². The number of sulfonamides is 1. The summed E-state index contributed by atoms with van der Waals surface area (Å²) in [7, 11) is -2.21. The summed E-state index contributed by atoms with van der Waals surface area (Å²) >= 11 is 5.65. The number of nitrogens with one attached hydrogen (secondary N) is 1. The Hall–Kier alpha value is -2.49. The van der Waals surface area contributed by atoms with Gasteiger partial charge < -0.3 is 9.15 Å². The van der Waals surface area contributed by atoms with E-state index in [1.54, 1.807) is 31.4 Å². The second-order valence-electron chi connectivity index (χ2n) is 4.87. The Morgan fingerprint density at radius 3 is 2.80 bits per heavy atom. The molecule has 10 heteroatoms. The van der Waals surface area contributed by atoms with Crippen LogP contribution >= 0.6 is 11.6 Å². The Morgan fingerprint density at radius 2 is 2.08 bits per heavy atom. The van der Waals surface area contributed by atoms with Gasteiger partial charge >= 0.3 is 0 Å². The van der Waals surface area contributed by atoms with Gasteiger partial charge in [-0.1, -0.05) is 17.7 Å². The molecular formula is C15H13ClN4O4S. The fourth-order valence-electron chi connectivity index (χ4n) is 1.96. The lowest BCUT2D eigenvalue weighted by Crippen LogP contribution is -2.23. The molecule has 3 rings (SSSR count). The van der Waals surface area contributed by atoms with Crippen molar-refractivity contribution in [3.05, 3.63) is 53.6 Å². The Kier molecular flexibility index (Phi) is 4.98. The van der Waals surface area contributed by atoms with Crippen LogP contribution in [0.15, 0.2) is 51.9 Å². The first-order valence-corrected chi connectivity index (χ1v) is 8.92. The molecule has 130 valence electrons. The summed E-state index contributed by atoms with van der Waals surface area (Å²) in [5.41, 5.74) is 0.669. The number of methoxy groups -OCH3 is 1. The van der Waals surface area contributed by atoms with Crippen LogP contribution in [-0.4, -0.2) is 30.7 Å². The lowest BCUT2D eigenvalue weighted by Gasteiger charge is -2.04. The third-order valence-corrected chi connectivity index (χ3v) is 4.82. The molecule has 0 unspecified atom stereocenters. The smallest absolute Gasteiger partial charge is 0.247 e. The van der Waals surface area contributed by atoms with Gasteiger partial charge in [-0.25, -0.2) is 18.1 Å². The molecule has 2 aromatic heterocycles. The molecule has 0 bridgehead atoms. The SMILES string of the molecule is COc1cccc(-c2nnc(CNS(=O)(=O)c3ccc(Cl)nc3)o2)c1. The maximum absolute atomic E-state index is 12.2. The number of ether oxygens (including phenoxy) is 1. The first-order chi connectivity index (χ1) is 12.0. The van der Waals surface area contributed by atoms with E-state index in [0.29, 0.717) is 11.3 Å². The second-order valence-corrected chi connectivity index (χ2v) is 7.03. The molecule has 3 aromatic rings.